The Morgan fingerprint density at radius 2 is 2.17 bits per heavy atom. The molecular formula is C13H18N2O3. The van der Waals surface area contributed by atoms with Crippen LogP contribution in [0.3, 0.4) is 0 Å². The van der Waals surface area contributed by atoms with E-state index in [9.17, 15) is 4.79 Å². The van der Waals surface area contributed by atoms with Crippen molar-refractivity contribution in [3.63, 3.8) is 0 Å². The first-order valence-electron chi connectivity index (χ1n) is 6.04. The highest BCUT2D eigenvalue weighted by Gasteiger charge is 2.16. The number of rotatable bonds is 5. The van der Waals surface area contributed by atoms with Crippen molar-refractivity contribution in [2.24, 2.45) is 0 Å². The average molecular weight is 250 g/mol. The van der Waals surface area contributed by atoms with Crippen LogP contribution in [0.1, 0.15) is 24.9 Å². The van der Waals surface area contributed by atoms with Crippen molar-refractivity contribution >= 4 is 5.91 Å². The van der Waals surface area contributed by atoms with Gasteiger partial charge in [-0.05, 0) is 31.7 Å². The zero-order chi connectivity index (χ0) is 13.0. The number of hydrogen-bond acceptors (Lipinski definition) is 4. The molecule has 5 heteroatoms. The molecule has 0 radical (unpaired) electrons. The molecule has 0 aliphatic carbocycles. The molecule has 5 nitrogen and oxygen atoms in total. The summed E-state index contributed by atoms with van der Waals surface area (Å²) in [5.74, 6) is 1.53. The normalized spacial score (nSPS) is 14.3. The summed E-state index contributed by atoms with van der Waals surface area (Å²) in [5.41, 5.74) is 1.01. The zero-order valence-electron chi connectivity index (χ0n) is 10.7. The maximum absolute atomic E-state index is 11.6. The smallest absolute Gasteiger partial charge is 0.231 e. The second-order valence-corrected chi connectivity index (χ2v) is 4.26. The molecule has 0 spiro atoms. The van der Waals surface area contributed by atoms with Gasteiger partial charge in [-0.25, -0.2) is 0 Å². The van der Waals surface area contributed by atoms with E-state index in [4.69, 9.17) is 9.47 Å². The number of carbonyl (C=O) groups is 1. The minimum Gasteiger partial charge on any atom is -0.454 e. The molecular weight excluding hydrogens is 232 g/mol. The standard InChI is InChI=1S/C13H18N2O3/c1-9(15-13(16)5-6-14-2)10-3-4-11-12(7-10)18-8-17-11/h3-4,7,9,14H,5-6,8H2,1-2H3,(H,15,16). The minimum absolute atomic E-state index is 0.0366. The number of nitrogens with one attached hydrogen (secondary N) is 2. The summed E-state index contributed by atoms with van der Waals surface area (Å²) in [6.45, 7) is 2.90. The summed E-state index contributed by atoms with van der Waals surface area (Å²) in [6.07, 6.45) is 0.478. The molecule has 18 heavy (non-hydrogen) atoms. The summed E-state index contributed by atoms with van der Waals surface area (Å²) < 4.78 is 10.6. The molecule has 0 saturated heterocycles. The minimum atomic E-state index is -0.0381. The first-order valence-corrected chi connectivity index (χ1v) is 6.04. The van der Waals surface area contributed by atoms with Crippen LogP contribution in [0, 0.1) is 0 Å². The highest BCUT2D eigenvalue weighted by atomic mass is 16.7. The summed E-state index contributed by atoms with van der Waals surface area (Å²) in [4.78, 5) is 11.6. The lowest BCUT2D eigenvalue weighted by Gasteiger charge is -2.14. The summed E-state index contributed by atoms with van der Waals surface area (Å²) in [7, 11) is 1.83. The average Bonchev–Trinajstić information content (AvgIpc) is 2.83. The summed E-state index contributed by atoms with van der Waals surface area (Å²) in [5, 5.41) is 5.90. The predicted octanol–water partition coefficient (Wildman–Crippen LogP) is 1.20. The third-order valence-corrected chi connectivity index (χ3v) is 2.88. The van der Waals surface area contributed by atoms with Crippen LogP contribution in [0.4, 0.5) is 0 Å². The van der Waals surface area contributed by atoms with Crippen LogP contribution >= 0.6 is 0 Å². The van der Waals surface area contributed by atoms with E-state index in [0.717, 1.165) is 17.1 Å². The number of hydrogen-bond donors (Lipinski definition) is 2. The Morgan fingerprint density at radius 1 is 1.39 bits per heavy atom. The number of fused-ring (bicyclic) bond motifs is 1. The second kappa shape index (κ2) is 5.73. The SMILES string of the molecule is CNCCC(=O)NC(C)c1ccc2c(c1)OCO2. The third-order valence-electron chi connectivity index (χ3n) is 2.88. The third kappa shape index (κ3) is 2.92. The molecule has 1 aliphatic heterocycles. The molecule has 0 bridgehead atoms. The number of benzene rings is 1. The topological polar surface area (TPSA) is 59.6 Å². The van der Waals surface area contributed by atoms with Gasteiger partial charge in [0.25, 0.3) is 0 Å². The molecule has 1 aromatic rings. The highest BCUT2D eigenvalue weighted by Crippen LogP contribution is 2.34. The maximum Gasteiger partial charge on any atom is 0.231 e. The van der Waals surface area contributed by atoms with Crippen molar-refractivity contribution in [1.29, 1.82) is 0 Å². The van der Waals surface area contributed by atoms with E-state index in [1.807, 2.05) is 32.2 Å². The van der Waals surface area contributed by atoms with Crippen LogP contribution < -0.4 is 20.1 Å². The van der Waals surface area contributed by atoms with Gasteiger partial charge in [-0.2, -0.15) is 0 Å². The van der Waals surface area contributed by atoms with Gasteiger partial charge in [0.05, 0.1) is 6.04 Å². The number of ether oxygens (including phenoxy) is 2. The Kier molecular flexibility index (Phi) is 4.04. The van der Waals surface area contributed by atoms with Gasteiger partial charge < -0.3 is 20.1 Å². The van der Waals surface area contributed by atoms with Crippen LogP contribution in [-0.2, 0) is 4.79 Å². The van der Waals surface area contributed by atoms with Gasteiger partial charge in [-0.15, -0.1) is 0 Å². The van der Waals surface area contributed by atoms with Crippen LogP contribution in [-0.4, -0.2) is 26.3 Å². The van der Waals surface area contributed by atoms with E-state index >= 15 is 0 Å². The van der Waals surface area contributed by atoms with E-state index in [0.29, 0.717) is 13.0 Å². The first-order chi connectivity index (χ1) is 8.70. The monoisotopic (exact) mass is 250 g/mol. The van der Waals surface area contributed by atoms with Gasteiger partial charge in [0.1, 0.15) is 0 Å². The van der Waals surface area contributed by atoms with Gasteiger partial charge in [0.15, 0.2) is 11.5 Å². The van der Waals surface area contributed by atoms with Gasteiger partial charge in [0.2, 0.25) is 12.7 Å². The number of amides is 1. The predicted molar refractivity (Wildman–Crippen MR) is 67.7 cm³/mol. The molecule has 2 rings (SSSR count). The molecule has 0 fully saturated rings. The molecule has 1 heterocycles. The largest absolute Gasteiger partial charge is 0.454 e. The molecule has 2 N–H and O–H groups in total. The van der Waals surface area contributed by atoms with E-state index in [2.05, 4.69) is 10.6 Å². The molecule has 1 aliphatic rings. The molecule has 0 saturated carbocycles. The van der Waals surface area contributed by atoms with Gasteiger partial charge in [-0.3, -0.25) is 4.79 Å². The Hall–Kier alpha value is -1.75. The van der Waals surface area contributed by atoms with Crippen LogP contribution in [0.25, 0.3) is 0 Å². The van der Waals surface area contributed by atoms with Crippen LogP contribution in [0.15, 0.2) is 18.2 Å². The van der Waals surface area contributed by atoms with Crippen molar-refractivity contribution in [3.8, 4) is 11.5 Å². The van der Waals surface area contributed by atoms with Crippen molar-refractivity contribution in [3.05, 3.63) is 23.8 Å². The van der Waals surface area contributed by atoms with Gasteiger partial charge >= 0.3 is 0 Å². The van der Waals surface area contributed by atoms with Gasteiger partial charge in [-0.1, -0.05) is 6.07 Å². The molecule has 0 aromatic heterocycles. The molecule has 98 valence electrons. The van der Waals surface area contributed by atoms with E-state index in [-0.39, 0.29) is 18.7 Å². The lowest BCUT2D eigenvalue weighted by Crippen LogP contribution is -2.29. The lowest BCUT2D eigenvalue weighted by atomic mass is 10.1. The summed E-state index contributed by atoms with van der Waals surface area (Å²) in [6, 6.07) is 5.68. The lowest BCUT2D eigenvalue weighted by molar-refractivity contribution is -0.121. The fraction of sp³-hybridized carbons (Fsp3) is 0.462. The van der Waals surface area contributed by atoms with Crippen LogP contribution in [0.5, 0.6) is 11.5 Å². The fourth-order valence-electron chi connectivity index (χ4n) is 1.82. The second-order valence-electron chi connectivity index (χ2n) is 4.26. The Morgan fingerprint density at radius 3 is 2.94 bits per heavy atom. The molecule has 1 unspecified atom stereocenters. The van der Waals surface area contributed by atoms with E-state index < -0.39 is 0 Å². The maximum atomic E-state index is 11.6. The van der Waals surface area contributed by atoms with E-state index in [1.54, 1.807) is 0 Å². The number of carbonyl (C=O) groups excluding carboxylic acids is 1. The fourth-order valence-corrected chi connectivity index (χ4v) is 1.82. The molecule has 1 atom stereocenters. The zero-order valence-corrected chi connectivity index (χ0v) is 10.7. The van der Waals surface area contributed by atoms with Crippen molar-refractivity contribution in [1.82, 2.24) is 10.6 Å². The van der Waals surface area contributed by atoms with Crippen LogP contribution in [0.2, 0.25) is 0 Å². The molecule has 1 amide bonds. The quantitative estimate of drug-likeness (QED) is 0.824. The van der Waals surface area contributed by atoms with E-state index in [1.165, 1.54) is 0 Å². The Labute approximate surface area is 106 Å². The Balaban J connectivity index is 1.96. The van der Waals surface area contributed by atoms with Crippen molar-refractivity contribution < 1.29 is 14.3 Å². The summed E-state index contributed by atoms with van der Waals surface area (Å²) >= 11 is 0. The molecule has 1 aromatic carbocycles. The highest BCUT2D eigenvalue weighted by molar-refractivity contribution is 5.76. The first kappa shape index (κ1) is 12.7. The Bertz CT molecular complexity index is 434. The van der Waals surface area contributed by atoms with Gasteiger partial charge in [0, 0.05) is 13.0 Å². The van der Waals surface area contributed by atoms with Crippen molar-refractivity contribution in [2.75, 3.05) is 20.4 Å². The van der Waals surface area contributed by atoms with Crippen molar-refractivity contribution in [2.45, 2.75) is 19.4 Å².